The molecule has 0 aliphatic carbocycles. The van der Waals surface area contributed by atoms with Gasteiger partial charge < -0.3 is 18.9 Å². The molecule has 264 valence electrons. The number of nitrogens with one attached hydrogen (secondary N) is 2. The van der Waals surface area contributed by atoms with Gasteiger partial charge in [-0.3, -0.25) is 9.59 Å². The van der Waals surface area contributed by atoms with Crippen LogP contribution in [0.2, 0.25) is 0 Å². The zero-order valence-corrected chi connectivity index (χ0v) is 28.5. The van der Waals surface area contributed by atoms with Crippen molar-refractivity contribution in [1.82, 2.24) is 10.9 Å². The smallest absolute Gasteiger partial charge is 0.343 e. The normalized spacial score (nSPS) is 10.9. The second-order valence-corrected chi connectivity index (χ2v) is 11.2. The molecule has 0 fully saturated rings. The maximum Gasteiger partial charge on any atom is 0.343 e. The number of hydrogen-bond acceptors (Lipinski definition) is 10. The Morgan fingerprint density at radius 2 is 0.922 bits per heavy atom. The molecule has 51 heavy (non-hydrogen) atoms. The Hall–Kier alpha value is -6.30. The summed E-state index contributed by atoms with van der Waals surface area (Å²) in [6, 6.07) is 27.2. The van der Waals surface area contributed by atoms with Crippen molar-refractivity contribution in [3.05, 3.63) is 119 Å². The fourth-order valence-electron chi connectivity index (χ4n) is 4.73. The minimum absolute atomic E-state index is 0.204. The molecule has 0 aromatic heterocycles. The Labute approximate surface area is 296 Å². The van der Waals surface area contributed by atoms with Crippen molar-refractivity contribution in [1.29, 1.82) is 0 Å². The van der Waals surface area contributed by atoms with E-state index in [0.717, 1.165) is 19.3 Å². The Morgan fingerprint density at radius 1 is 0.529 bits per heavy atom. The second-order valence-electron chi connectivity index (χ2n) is 11.2. The molecule has 0 saturated carbocycles. The lowest BCUT2D eigenvalue weighted by Crippen LogP contribution is -2.17. The zero-order valence-electron chi connectivity index (χ0n) is 28.5. The number of nitrogens with zero attached hydrogens (tertiary/aromatic N) is 2. The van der Waals surface area contributed by atoms with E-state index >= 15 is 0 Å². The summed E-state index contributed by atoms with van der Waals surface area (Å²) in [4.78, 5) is 49.1. The zero-order chi connectivity index (χ0) is 36.3. The Kier molecular flexibility index (Phi) is 14.9. The van der Waals surface area contributed by atoms with Gasteiger partial charge in [0.1, 0.15) is 0 Å². The molecule has 2 N–H and O–H groups in total. The average molecular weight is 693 g/mol. The number of hydrogen-bond donors (Lipinski definition) is 2. The largest absolute Gasteiger partial charge is 0.493 e. The van der Waals surface area contributed by atoms with E-state index in [1.54, 1.807) is 84.9 Å². The van der Waals surface area contributed by atoms with Gasteiger partial charge in [-0.05, 0) is 84.6 Å². The van der Waals surface area contributed by atoms with Gasteiger partial charge in [-0.2, -0.15) is 10.2 Å². The fraction of sp³-hybridized carbons (Fsp3) is 0.231. The lowest BCUT2D eigenvalue weighted by Gasteiger charge is -2.10. The first-order chi connectivity index (χ1) is 24.9. The molecule has 0 aliphatic rings. The van der Waals surface area contributed by atoms with E-state index in [1.165, 1.54) is 26.6 Å². The van der Waals surface area contributed by atoms with Crippen LogP contribution in [0.15, 0.2) is 107 Å². The molecule has 0 spiro atoms. The maximum absolute atomic E-state index is 12.4. The molecule has 2 amide bonds. The third-order valence-electron chi connectivity index (χ3n) is 7.41. The van der Waals surface area contributed by atoms with Crippen molar-refractivity contribution in [2.24, 2.45) is 10.2 Å². The molecular formula is C39H40N4O8. The van der Waals surface area contributed by atoms with Gasteiger partial charge in [-0.25, -0.2) is 20.4 Å². The molecule has 0 aliphatic heterocycles. The van der Waals surface area contributed by atoms with Crippen molar-refractivity contribution in [3.63, 3.8) is 0 Å². The minimum atomic E-state index is -0.498. The van der Waals surface area contributed by atoms with Crippen LogP contribution >= 0.6 is 0 Å². The van der Waals surface area contributed by atoms with Crippen molar-refractivity contribution in [3.8, 4) is 23.0 Å². The summed E-state index contributed by atoms with van der Waals surface area (Å²) in [5.74, 6) is -0.153. The first kappa shape index (κ1) is 37.5. The van der Waals surface area contributed by atoms with Crippen LogP contribution < -0.4 is 29.8 Å². The number of rotatable bonds is 18. The third-order valence-corrected chi connectivity index (χ3v) is 7.41. The monoisotopic (exact) mass is 692 g/mol. The van der Waals surface area contributed by atoms with Crippen LogP contribution in [0.5, 0.6) is 23.0 Å². The molecule has 0 radical (unpaired) electrons. The molecular weight excluding hydrogens is 652 g/mol. The quantitative estimate of drug-likeness (QED) is 0.0395. The number of amides is 2. The number of benzene rings is 4. The van der Waals surface area contributed by atoms with Gasteiger partial charge >= 0.3 is 11.9 Å². The van der Waals surface area contributed by atoms with Gasteiger partial charge in [0.05, 0.1) is 37.8 Å². The van der Waals surface area contributed by atoms with Gasteiger partial charge in [-0.15, -0.1) is 0 Å². The summed E-state index contributed by atoms with van der Waals surface area (Å²) in [5.41, 5.74) is 7.19. The predicted molar refractivity (Wildman–Crippen MR) is 193 cm³/mol. The molecule has 0 unspecified atom stereocenters. The first-order valence-electron chi connectivity index (χ1n) is 16.4. The van der Waals surface area contributed by atoms with E-state index in [1.807, 2.05) is 12.1 Å². The summed E-state index contributed by atoms with van der Waals surface area (Å²) < 4.78 is 21.6. The molecule has 0 atom stereocenters. The Balaban J connectivity index is 1.07. The fourth-order valence-corrected chi connectivity index (χ4v) is 4.73. The van der Waals surface area contributed by atoms with Crippen LogP contribution in [0, 0.1) is 0 Å². The Bertz CT molecular complexity index is 1690. The number of unbranched alkanes of at least 4 members (excludes halogenated alkanes) is 4. The van der Waals surface area contributed by atoms with Crippen molar-refractivity contribution in [2.45, 2.75) is 44.9 Å². The van der Waals surface area contributed by atoms with Gasteiger partial charge in [-0.1, -0.05) is 55.7 Å². The van der Waals surface area contributed by atoms with E-state index in [2.05, 4.69) is 21.1 Å². The standard InChI is InChI=1S/C39H40N4O8/c1-48-34-24-28(20-22-32(34)50-38(46)30-14-8-6-9-15-30)26-40-42-36(44)18-12-4-3-5-13-19-37(45)43-41-27-29-21-23-33(35(25-29)49-2)51-39(47)31-16-10-7-11-17-31/h6-11,14-17,20-27H,3-5,12-13,18-19H2,1-2H3,(H,42,44)(H,43,45). The molecule has 0 saturated heterocycles. The number of ether oxygens (including phenoxy) is 4. The summed E-state index contributed by atoms with van der Waals surface area (Å²) in [6.07, 6.45) is 7.58. The summed E-state index contributed by atoms with van der Waals surface area (Å²) in [5, 5.41) is 8.02. The van der Waals surface area contributed by atoms with Gasteiger partial charge in [0.25, 0.3) is 0 Å². The van der Waals surface area contributed by atoms with Crippen LogP contribution in [0.25, 0.3) is 0 Å². The lowest BCUT2D eigenvalue weighted by molar-refractivity contribution is -0.121. The molecule has 12 heteroatoms. The van der Waals surface area contributed by atoms with E-state index in [-0.39, 0.29) is 23.3 Å². The second kappa shape index (κ2) is 20.3. The number of carbonyl (C=O) groups is 4. The van der Waals surface area contributed by atoms with E-state index in [0.29, 0.717) is 59.4 Å². The topological polar surface area (TPSA) is 154 Å². The van der Waals surface area contributed by atoms with E-state index < -0.39 is 11.9 Å². The average Bonchev–Trinajstić information content (AvgIpc) is 3.16. The van der Waals surface area contributed by atoms with Crippen molar-refractivity contribution < 1.29 is 38.1 Å². The molecule has 12 nitrogen and oxygen atoms in total. The SMILES string of the molecule is COc1cc(C=NNC(=O)CCCCCCCC(=O)NN=Cc2ccc(OC(=O)c3ccccc3)c(OC)c2)ccc1OC(=O)c1ccccc1. The highest BCUT2D eigenvalue weighted by Gasteiger charge is 2.14. The van der Waals surface area contributed by atoms with Crippen LogP contribution in [-0.4, -0.2) is 50.4 Å². The van der Waals surface area contributed by atoms with Gasteiger partial charge in [0.2, 0.25) is 11.8 Å². The van der Waals surface area contributed by atoms with Gasteiger partial charge in [0, 0.05) is 12.8 Å². The number of methoxy groups -OCH3 is 2. The number of esters is 2. The molecule has 4 aromatic rings. The number of hydrazone groups is 2. The highest BCUT2D eigenvalue weighted by Crippen LogP contribution is 2.29. The summed E-state index contributed by atoms with van der Waals surface area (Å²) in [7, 11) is 2.94. The van der Waals surface area contributed by atoms with Crippen LogP contribution in [-0.2, 0) is 9.59 Å². The van der Waals surface area contributed by atoms with E-state index in [4.69, 9.17) is 18.9 Å². The van der Waals surface area contributed by atoms with E-state index in [9.17, 15) is 19.2 Å². The van der Waals surface area contributed by atoms with Crippen LogP contribution in [0.1, 0.15) is 76.8 Å². The van der Waals surface area contributed by atoms with Gasteiger partial charge in [0.15, 0.2) is 23.0 Å². The van der Waals surface area contributed by atoms with Crippen LogP contribution in [0.4, 0.5) is 0 Å². The lowest BCUT2D eigenvalue weighted by atomic mass is 10.1. The maximum atomic E-state index is 12.4. The summed E-state index contributed by atoms with van der Waals surface area (Å²) >= 11 is 0. The number of carbonyl (C=O) groups excluding carboxylic acids is 4. The molecule has 4 rings (SSSR count). The highest BCUT2D eigenvalue weighted by atomic mass is 16.6. The third kappa shape index (κ3) is 12.6. The van der Waals surface area contributed by atoms with Crippen LogP contribution in [0.3, 0.4) is 0 Å². The Morgan fingerprint density at radius 3 is 1.31 bits per heavy atom. The minimum Gasteiger partial charge on any atom is -0.493 e. The predicted octanol–water partition coefficient (Wildman–Crippen LogP) is 6.47. The van der Waals surface area contributed by atoms with Crippen molar-refractivity contribution in [2.75, 3.05) is 14.2 Å². The summed E-state index contributed by atoms with van der Waals surface area (Å²) in [6.45, 7) is 0. The molecule has 4 aromatic carbocycles. The van der Waals surface area contributed by atoms with Crippen molar-refractivity contribution >= 4 is 36.2 Å². The molecule has 0 heterocycles. The first-order valence-corrected chi connectivity index (χ1v) is 16.4. The highest BCUT2D eigenvalue weighted by molar-refractivity contribution is 5.92. The molecule has 0 bridgehead atoms.